The second-order valence-electron chi connectivity index (χ2n) is 4.46. The van der Waals surface area contributed by atoms with Crippen molar-refractivity contribution >= 4 is 0 Å². The van der Waals surface area contributed by atoms with Crippen LogP contribution in [0.5, 0.6) is 5.75 Å². The van der Waals surface area contributed by atoms with E-state index in [9.17, 15) is 5.11 Å². The predicted molar refractivity (Wildman–Crippen MR) is 61.9 cm³/mol. The van der Waals surface area contributed by atoms with Crippen molar-refractivity contribution in [2.24, 2.45) is 0 Å². The quantitative estimate of drug-likeness (QED) is 0.802. The second-order valence-corrected chi connectivity index (χ2v) is 4.46. The lowest BCUT2D eigenvalue weighted by atomic mass is 10.1. The number of aromatic hydroxyl groups is 1. The average Bonchev–Trinajstić information content (AvgIpc) is 2.64. The van der Waals surface area contributed by atoms with Gasteiger partial charge >= 0.3 is 0 Å². The number of rotatable bonds is 2. The lowest BCUT2D eigenvalue weighted by Gasteiger charge is -2.29. The number of nitrogens with zero attached hydrogens (tertiary/aromatic N) is 1. The molecule has 1 aromatic carbocycles. The number of phenols is 1. The molecule has 1 aliphatic rings. The van der Waals surface area contributed by atoms with Crippen molar-refractivity contribution in [3.05, 3.63) is 29.8 Å². The van der Waals surface area contributed by atoms with Crippen molar-refractivity contribution in [3.8, 4) is 5.75 Å². The molecule has 2 unspecified atom stereocenters. The van der Waals surface area contributed by atoms with Crippen LogP contribution in [-0.2, 0) is 0 Å². The van der Waals surface area contributed by atoms with Crippen LogP contribution in [0.1, 0.15) is 38.3 Å². The zero-order valence-electron chi connectivity index (χ0n) is 9.48. The second kappa shape index (κ2) is 4.23. The Morgan fingerprint density at radius 3 is 2.73 bits per heavy atom. The first-order valence-corrected chi connectivity index (χ1v) is 5.74. The topological polar surface area (TPSA) is 23.5 Å². The lowest BCUT2D eigenvalue weighted by molar-refractivity contribution is 0.201. The molecule has 0 aliphatic carbocycles. The van der Waals surface area contributed by atoms with Crippen molar-refractivity contribution < 1.29 is 5.11 Å². The average molecular weight is 205 g/mol. The Balaban J connectivity index is 2.20. The maximum atomic E-state index is 9.80. The van der Waals surface area contributed by atoms with Crippen LogP contribution in [0.25, 0.3) is 0 Å². The van der Waals surface area contributed by atoms with Gasteiger partial charge in [0.15, 0.2) is 0 Å². The third kappa shape index (κ3) is 2.00. The number of hydrogen-bond donors (Lipinski definition) is 1. The molecule has 0 bridgehead atoms. The van der Waals surface area contributed by atoms with Gasteiger partial charge in [0.05, 0.1) is 0 Å². The van der Waals surface area contributed by atoms with Gasteiger partial charge in [-0.25, -0.2) is 0 Å². The third-order valence-corrected chi connectivity index (χ3v) is 3.49. The number of likely N-dealkylation sites (tertiary alicyclic amines) is 1. The molecular formula is C13H19NO. The Labute approximate surface area is 91.5 Å². The minimum Gasteiger partial charge on any atom is -0.508 e. The van der Waals surface area contributed by atoms with Gasteiger partial charge in [-0.15, -0.1) is 0 Å². The summed E-state index contributed by atoms with van der Waals surface area (Å²) in [4.78, 5) is 2.47. The normalized spacial score (nSPS) is 24.3. The van der Waals surface area contributed by atoms with Crippen LogP contribution < -0.4 is 0 Å². The minimum absolute atomic E-state index is 0.323. The van der Waals surface area contributed by atoms with Crippen molar-refractivity contribution in [1.82, 2.24) is 4.90 Å². The molecule has 0 saturated carbocycles. The number of para-hydroxylation sites is 1. The van der Waals surface area contributed by atoms with Gasteiger partial charge in [0.25, 0.3) is 0 Å². The van der Waals surface area contributed by atoms with E-state index < -0.39 is 0 Å². The number of phenolic OH excluding ortho intramolecular Hbond substituents is 1. The molecule has 82 valence electrons. The summed E-state index contributed by atoms with van der Waals surface area (Å²) in [5, 5.41) is 9.80. The summed E-state index contributed by atoms with van der Waals surface area (Å²) < 4.78 is 0. The molecule has 0 radical (unpaired) electrons. The summed E-state index contributed by atoms with van der Waals surface area (Å²) in [5.74, 6) is 0.420. The van der Waals surface area contributed by atoms with Gasteiger partial charge in [-0.1, -0.05) is 18.2 Å². The van der Waals surface area contributed by atoms with E-state index in [0.29, 0.717) is 17.8 Å². The molecular weight excluding hydrogens is 186 g/mol. The fourth-order valence-corrected chi connectivity index (χ4v) is 2.55. The largest absolute Gasteiger partial charge is 0.508 e. The monoisotopic (exact) mass is 205 g/mol. The molecule has 2 rings (SSSR count). The molecule has 2 nitrogen and oxygen atoms in total. The van der Waals surface area contributed by atoms with Crippen LogP contribution >= 0.6 is 0 Å². The maximum Gasteiger partial charge on any atom is 0.120 e. The van der Waals surface area contributed by atoms with Crippen LogP contribution in [-0.4, -0.2) is 22.6 Å². The maximum absolute atomic E-state index is 9.80. The molecule has 0 spiro atoms. The first-order chi connectivity index (χ1) is 7.20. The van der Waals surface area contributed by atoms with Crippen molar-refractivity contribution in [3.63, 3.8) is 0 Å². The molecule has 1 aromatic rings. The molecule has 2 heteroatoms. The Bertz CT molecular complexity index is 337. The Hall–Kier alpha value is -1.02. The first-order valence-electron chi connectivity index (χ1n) is 5.74. The van der Waals surface area contributed by atoms with Crippen molar-refractivity contribution in [2.45, 2.75) is 38.8 Å². The fourth-order valence-electron chi connectivity index (χ4n) is 2.55. The summed E-state index contributed by atoms with van der Waals surface area (Å²) in [7, 11) is 0. The molecule has 0 aromatic heterocycles. The van der Waals surface area contributed by atoms with Gasteiger partial charge in [0.1, 0.15) is 5.75 Å². The lowest BCUT2D eigenvalue weighted by Crippen LogP contribution is -2.29. The van der Waals surface area contributed by atoms with E-state index in [1.165, 1.54) is 12.8 Å². The molecule has 0 amide bonds. The predicted octanol–water partition coefficient (Wildman–Crippen LogP) is 2.94. The highest BCUT2D eigenvalue weighted by Crippen LogP contribution is 2.32. The van der Waals surface area contributed by atoms with E-state index in [2.05, 4.69) is 18.7 Å². The van der Waals surface area contributed by atoms with Crippen molar-refractivity contribution in [1.29, 1.82) is 0 Å². The highest BCUT2D eigenvalue weighted by Gasteiger charge is 2.26. The van der Waals surface area contributed by atoms with Gasteiger partial charge in [0, 0.05) is 17.6 Å². The first kappa shape index (κ1) is 10.5. The zero-order chi connectivity index (χ0) is 10.8. The van der Waals surface area contributed by atoms with Gasteiger partial charge in [-0.05, 0) is 39.3 Å². The van der Waals surface area contributed by atoms with Crippen LogP contribution in [0, 0.1) is 0 Å². The van der Waals surface area contributed by atoms with Crippen LogP contribution in [0.4, 0.5) is 0 Å². The summed E-state index contributed by atoms with van der Waals surface area (Å²) in [5.41, 5.74) is 1.05. The van der Waals surface area contributed by atoms with E-state index >= 15 is 0 Å². The molecule has 1 aliphatic heterocycles. The highest BCUT2D eigenvalue weighted by molar-refractivity contribution is 5.34. The van der Waals surface area contributed by atoms with E-state index in [1.54, 1.807) is 6.07 Å². The minimum atomic E-state index is 0.323. The van der Waals surface area contributed by atoms with Crippen molar-refractivity contribution in [2.75, 3.05) is 6.54 Å². The molecule has 15 heavy (non-hydrogen) atoms. The summed E-state index contributed by atoms with van der Waals surface area (Å²) in [6.45, 7) is 5.59. The van der Waals surface area contributed by atoms with Crippen LogP contribution in [0.15, 0.2) is 24.3 Å². The molecule has 1 saturated heterocycles. The molecule has 2 atom stereocenters. The van der Waals surface area contributed by atoms with E-state index in [1.807, 2.05) is 18.2 Å². The van der Waals surface area contributed by atoms with Gasteiger partial charge in [-0.3, -0.25) is 4.90 Å². The smallest absolute Gasteiger partial charge is 0.120 e. The Morgan fingerprint density at radius 2 is 2.13 bits per heavy atom. The molecule has 1 fully saturated rings. The van der Waals surface area contributed by atoms with E-state index in [-0.39, 0.29) is 0 Å². The van der Waals surface area contributed by atoms with Crippen LogP contribution in [0.2, 0.25) is 0 Å². The number of benzene rings is 1. The van der Waals surface area contributed by atoms with Gasteiger partial charge in [-0.2, -0.15) is 0 Å². The zero-order valence-corrected chi connectivity index (χ0v) is 9.48. The Kier molecular flexibility index (Phi) is 2.96. The van der Waals surface area contributed by atoms with Gasteiger partial charge < -0.3 is 5.11 Å². The fraction of sp³-hybridized carbons (Fsp3) is 0.538. The SMILES string of the molecule is CC1CCCN1C(C)c1ccccc1O. The Morgan fingerprint density at radius 1 is 1.40 bits per heavy atom. The van der Waals surface area contributed by atoms with Gasteiger partial charge in [0.2, 0.25) is 0 Å². The third-order valence-electron chi connectivity index (χ3n) is 3.49. The van der Waals surface area contributed by atoms with E-state index in [0.717, 1.165) is 12.1 Å². The molecule has 1 N–H and O–H groups in total. The highest BCUT2D eigenvalue weighted by atomic mass is 16.3. The summed E-state index contributed by atoms with van der Waals surface area (Å²) in [6.07, 6.45) is 2.55. The standard InChI is InChI=1S/C13H19NO/c1-10-6-5-9-14(10)11(2)12-7-3-4-8-13(12)15/h3-4,7-8,10-11,15H,5-6,9H2,1-2H3. The van der Waals surface area contributed by atoms with Crippen LogP contribution in [0.3, 0.4) is 0 Å². The summed E-state index contributed by atoms with van der Waals surface area (Å²) in [6, 6.07) is 8.62. The summed E-state index contributed by atoms with van der Waals surface area (Å²) >= 11 is 0. The number of hydrogen-bond acceptors (Lipinski definition) is 2. The molecule has 1 heterocycles. The van der Waals surface area contributed by atoms with E-state index in [4.69, 9.17) is 0 Å².